The van der Waals surface area contributed by atoms with Gasteiger partial charge in [0, 0.05) is 5.56 Å². The lowest BCUT2D eigenvalue weighted by atomic mass is 10.1. The molecule has 5 heteroatoms. The van der Waals surface area contributed by atoms with Crippen molar-refractivity contribution in [3.05, 3.63) is 47.9 Å². The number of hydrogen-bond donors (Lipinski definition) is 0. The van der Waals surface area contributed by atoms with Crippen molar-refractivity contribution in [1.29, 1.82) is 0 Å². The van der Waals surface area contributed by atoms with E-state index in [-0.39, 0.29) is 17.0 Å². The van der Waals surface area contributed by atoms with Gasteiger partial charge in [0.1, 0.15) is 5.82 Å². The van der Waals surface area contributed by atoms with Gasteiger partial charge in [-0.05, 0) is 24.3 Å². The molecule has 0 saturated carbocycles. The Labute approximate surface area is 95.7 Å². The van der Waals surface area contributed by atoms with E-state index >= 15 is 0 Å². The van der Waals surface area contributed by atoms with Gasteiger partial charge in [0.15, 0.2) is 11.6 Å². The van der Waals surface area contributed by atoms with E-state index in [0.717, 1.165) is 12.3 Å². The zero-order chi connectivity index (χ0) is 12.4. The monoisotopic (exact) mass is 239 g/mol. The Morgan fingerprint density at radius 2 is 1.76 bits per heavy atom. The topological polar surface area (TPSA) is 22.1 Å². The first-order valence-electron chi connectivity index (χ1n) is 4.77. The van der Waals surface area contributed by atoms with E-state index in [0.29, 0.717) is 0 Å². The fourth-order valence-corrected chi connectivity index (χ4v) is 1.42. The lowest BCUT2D eigenvalue weighted by Crippen LogP contribution is -1.96. The van der Waals surface area contributed by atoms with E-state index in [1.165, 1.54) is 25.3 Å². The van der Waals surface area contributed by atoms with E-state index in [2.05, 4.69) is 9.72 Å². The van der Waals surface area contributed by atoms with Gasteiger partial charge in [-0.1, -0.05) is 0 Å². The van der Waals surface area contributed by atoms with Crippen LogP contribution in [0.1, 0.15) is 0 Å². The molecule has 1 aromatic carbocycles. The van der Waals surface area contributed by atoms with Crippen LogP contribution in [0.4, 0.5) is 13.2 Å². The molecule has 0 amide bonds. The summed E-state index contributed by atoms with van der Waals surface area (Å²) in [6.45, 7) is 0. The minimum atomic E-state index is -1.09. The number of nitrogens with zero attached hydrogens (tertiary/aromatic N) is 1. The van der Waals surface area contributed by atoms with E-state index in [9.17, 15) is 13.2 Å². The van der Waals surface area contributed by atoms with Crippen molar-refractivity contribution in [3.63, 3.8) is 0 Å². The molecule has 2 rings (SSSR count). The molecule has 0 unspecified atom stereocenters. The predicted octanol–water partition coefficient (Wildman–Crippen LogP) is 3.17. The summed E-state index contributed by atoms with van der Waals surface area (Å²) in [5.74, 6) is -2.88. The number of ether oxygens (including phenoxy) is 1. The van der Waals surface area contributed by atoms with Crippen LogP contribution in [0.3, 0.4) is 0 Å². The lowest BCUT2D eigenvalue weighted by Gasteiger charge is -2.06. The molecule has 0 aliphatic carbocycles. The number of methoxy groups -OCH3 is 1. The number of hydrogen-bond acceptors (Lipinski definition) is 2. The molecule has 0 radical (unpaired) electrons. The van der Waals surface area contributed by atoms with Crippen LogP contribution in [0.15, 0.2) is 30.5 Å². The van der Waals surface area contributed by atoms with E-state index in [1.54, 1.807) is 0 Å². The van der Waals surface area contributed by atoms with E-state index in [4.69, 9.17) is 0 Å². The average molecular weight is 239 g/mol. The second-order valence-electron chi connectivity index (χ2n) is 3.31. The van der Waals surface area contributed by atoms with Crippen LogP contribution in [-0.4, -0.2) is 12.1 Å². The maximum Gasteiger partial charge on any atom is 0.201 e. The standard InChI is InChI=1S/C12H8F3NO/c1-17-10-5-3-8(11(14)12(10)15)9-4-2-7(13)6-16-9/h2-6H,1H3. The number of halogens is 3. The lowest BCUT2D eigenvalue weighted by molar-refractivity contribution is 0.372. The Bertz CT molecular complexity index is 540. The van der Waals surface area contributed by atoms with Crippen molar-refractivity contribution in [2.45, 2.75) is 0 Å². The summed E-state index contributed by atoms with van der Waals surface area (Å²) in [5.41, 5.74) is 0.119. The fraction of sp³-hybridized carbons (Fsp3) is 0.0833. The van der Waals surface area contributed by atoms with Crippen molar-refractivity contribution < 1.29 is 17.9 Å². The first kappa shape index (κ1) is 11.4. The number of benzene rings is 1. The van der Waals surface area contributed by atoms with Crippen LogP contribution in [-0.2, 0) is 0 Å². The van der Waals surface area contributed by atoms with Crippen LogP contribution < -0.4 is 4.74 Å². The van der Waals surface area contributed by atoms with Gasteiger partial charge in [-0.15, -0.1) is 0 Å². The highest BCUT2D eigenvalue weighted by molar-refractivity contribution is 5.61. The average Bonchev–Trinajstić information content (AvgIpc) is 2.34. The first-order chi connectivity index (χ1) is 8.13. The Kier molecular flexibility index (Phi) is 2.99. The molecule has 0 saturated heterocycles. The smallest absolute Gasteiger partial charge is 0.201 e. The summed E-state index contributed by atoms with van der Waals surface area (Å²) in [4.78, 5) is 3.68. The molecule has 2 nitrogen and oxygen atoms in total. The summed E-state index contributed by atoms with van der Waals surface area (Å²) in [5, 5.41) is 0. The molecule has 17 heavy (non-hydrogen) atoms. The van der Waals surface area contributed by atoms with Gasteiger partial charge in [-0.25, -0.2) is 8.78 Å². The minimum Gasteiger partial charge on any atom is -0.494 e. The second kappa shape index (κ2) is 4.45. The minimum absolute atomic E-state index is 0.0386. The van der Waals surface area contributed by atoms with E-state index in [1.807, 2.05) is 0 Å². The first-order valence-corrected chi connectivity index (χ1v) is 4.77. The molecule has 0 aliphatic heterocycles. The van der Waals surface area contributed by atoms with Crippen LogP contribution in [0.25, 0.3) is 11.3 Å². The summed E-state index contributed by atoms with van der Waals surface area (Å²) in [6, 6.07) is 5.03. The molecule has 0 N–H and O–H groups in total. The summed E-state index contributed by atoms with van der Waals surface area (Å²) in [7, 11) is 1.24. The Balaban J connectivity index is 2.53. The highest BCUT2D eigenvalue weighted by Crippen LogP contribution is 2.28. The molecule has 2 aromatic rings. The normalized spacial score (nSPS) is 10.4. The number of aromatic nitrogens is 1. The maximum atomic E-state index is 13.6. The Morgan fingerprint density at radius 1 is 1.00 bits per heavy atom. The molecule has 1 aromatic heterocycles. The summed E-state index contributed by atoms with van der Waals surface area (Å²) >= 11 is 0. The molecule has 0 fully saturated rings. The van der Waals surface area contributed by atoms with Gasteiger partial charge in [-0.2, -0.15) is 4.39 Å². The van der Waals surface area contributed by atoms with Crippen molar-refractivity contribution in [3.8, 4) is 17.0 Å². The van der Waals surface area contributed by atoms with Crippen LogP contribution in [0.2, 0.25) is 0 Å². The molecule has 0 bridgehead atoms. The maximum absolute atomic E-state index is 13.6. The largest absolute Gasteiger partial charge is 0.494 e. The third kappa shape index (κ3) is 2.08. The quantitative estimate of drug-likeness (QED) is 0.803. The van der Waals surface area contributed by atoms with Gasteiger partial charge < -0.3 is 4.74 Å². The van der Waals surface area contributed by atoms with Crippen molar-refractivity contribution in [2.24, 2.45) is 0 Å². The van der Waals surface area contributed by atoms with Gasteiger partial charge in [0.25, 0.3) is 0 Å². The Hall–Kier alpha value is -2.04. The molecule has 0 atom stereocenters. The molecule has 88 valence electrons. The highest BCUT2D eigenvalue weighted by Gasteiger charge is 2.15. The molecule has 0 aliphatic rings. The Morgan fingerprint density at radius 3 is 2.35 bits per heavy atom. The molecule has 1 heterocycles. The highest BCUT2D eigenvalue weighted by atomic mass is 19.2. The van der Waals surface area contributed by atoms with Crippen molar-refractivity contribution >= 4 is 0 Å². The third-order valence-electron chi connectivity index (χ3n) is 2.27. The summed E-state index contributed by atoms with van der Waals surface area (Å²) < 4.78 is 44.4. The SMILES string of the molecule is COc1ccc(-c2ccc(F)cn2)c(F)c1F. The third-order valence-corrected chi connectivity index (χ3v) is 2.27. The second-order valence-corrected chi connectivity index (χ2v) is 3.31. The van der Waals surface area contributed by atoms with Gasteiger partial charge in [-0.3, -0.25) is 4.98 Å². The van der Waals surface area contributed by atoms with Gasteiger partial charge >= 0.3 is 0 Å². The zero-order valence-electron chi connectivity index (χ0n) is 8.88. The van der Waals surface area contributed by atoms with Gasteiger partial charge in [0.2, 0.25) is 5.82 Å². The fourth-order valence-electron chi connectivity index (χ4n) is 1.42. The van der Waals surface area contributed by atoms with Crippen molar-refractivity contribution in [2.75, 3.05) is 7.11 Å². The molecular weight excluding hydrogens is 231 g/mol. The zero-order valence-corrected chi connectivity index (χ0v) is 8.88. The van der Waals surface area contributed by atoms with E-state index < -0.39 is 17.5 Å². The molecular formula is C12H8F3NO. The van der Waals surface area contributed by atoms with Crippen molar-refractivity contribution in [1.82, 2.24) is 4.98 Å². The summed E-state index contributed by atoms with van der Waals surface area (Å²) in [6.07, 6.45) is 0.941. The number of rotatable bonds is 2. The van der Waals surface area contributed by atoms with Crippen LogP contribution >= 0.6 is 0 Å². The predicted molar refractivity (Wildman–Crippen MR) is 56.1 cm³/mol. The molecule has 0 spiro atoms. The van der Waals surface area contributed by atoms with Gasteiger partial charge in [0.05, 0.1) is 19.0 Å². The van der Waals surface area contributed by atoms with Crippen LogP contribution in [0, 0.1) is 17.5 Å². The van der Waals surface area contributed by atoms with Crippen LogP contribution in [0.5, 0.6) is 5.75 Å². The number of pyridine rings is 1.